The van der Waals surface area contributed by atoms with Crippen molar-refractivity contribution in [1.82, 2.24) is 10.6 Å². The van der Waals surface area contributed by atoms with Gasteiger partial charge in [-0.25, -0.2) is 0 Å². The first-order valence-corrected chi connectivity index (χ1v) is 8.48. The van der Waals surface area contributed by atoms with E-state index < -0.39 is 6.04 Å². The first-order chi connectivity index (χ1) is 10.3. The van der Waals surface area contributed by atoms with Crippen LogP contribution in [0.1, 0.15) is 43.8 Å². The molecule has 0 spiro atoms. The van der Waals surface area contributed by atoms with Gasteiger partial charge in [0, 0.05) is 0 Å². The zero-order valence-electron chi connectivity index (χ0n) is 13.6. The third kappa shape index (κ3) is 5.77. The van der Waals surface area contributed by atoms with Crippen LogP contribution in [0.25, 0.3) is 0 Å². The molecule has 5 nitrogen and oxygen atoms in total. The van der Waals surface area contributed by atoms with E-state index in [0.717, 1.165) is 0 Å². The lowest BCUT2D eigenvalue weighted by Crippen LogP contribution is -2.52. The van der Waals surface area contributed by atoms with Gasteiger partial charge in [0.1, 0.15) is 6.04 Å². The molecule has 1 heterocycles. The van der Waals surface area contributed by atoms with Gasteiger partial charge in [0.25, 0.3) is 5.91 Å². The van der Waals surface area contributed by atoms with E-state index in [0.29, 0.717) is 17.2 Å². The van der Waals surface area contributed by atoms with Gasteiger partial charge in [0.05, 0.1) is 17.5 Å². The minimum atomic E-state index is -0.615. The van der Waals surface area contributed by atoms with Crippen LogP contribution < -0.4 is 10.6 Å². The molecule has 3 N–H and O–H groups in total. The van der Waals surface area contributed by atoms with Gasteiger partial charge < -0.3 is 15.7 Å². The van der Waals surface area contributed by atoms with Crippen LogP contribution in [0.4, 0.5) is 0 Å². The van der Waals surface area contributed by atoms with Crippen molar-refractivity contribution < 1.29 is 14.7 Å². The molecule has 22 heavy (non-hydrogen) atoms. The number of aliphatic hydroxyl groups is 1. The number of hydrogen-bond donors (Lipinski definition) is 3. The van der Waals surface area contributed by atoms with Gasteiger partial charge in [-0.05, 0) is 29.7 Å². The second kappa shape index (κ2) is 8.90. The average Bonchev–Trinajstić information content (AvgIpc) is 2.96. The molecule has 6 heteroatoms. The minimum absolute atomic E-state index is 0.0395. The van der Waals surface area contributed by atoms with Crippen molar-refractivity contribution in [3.8, 4) is 0 Å². The van der Waals surface area contributed by atoms with Gasteiger partial charge >= 0.3 is 0 Å². The highest BCUT2D eigenvalue weighted by molar-refractivity contribution is 7.12. The Morgan fingerprint density at radius 3 is 2.36 bits per heavy atom. The summed E-state index contributed by atoms with van der Waals surface area (Å²) in [5, 5.41) is 16.8. The monoisotopic (exact) mass is 326 g/mol. The molecule has 2 atom stereocenters. The molecule has 0 saturated heterocycles. The third-order valence-corrected chi connectivity index (χ3v) is 4.17. The van der Waals surface area contributed by atoms with Crippen LogP contribution in [-0.4, -0.2) is 35.6 Å². The van der Waals surface area contributed by atoms with E-state index in [4.69, 9.17) is 0 Å². The standard InChI is InChI=1S/C16H26N2O3S/c1-10(2)8-12(9-19)17-16(21)14(11(3)4)18-15(20)13-6-5-7-22-13/h5-7,10-12,14,19H,8-9H2,1-4H3,(H,17,21)(H,18,20). The fourth-order valence-electron chi connectivity index (χ4n) is 2.19. The molecule has 0 aliphatic rings. The molecule has 1 aromatic rings. The molecule has 0 aliphatic heterocycles. The zero-order valence-corrected chi connectivity index (χ0v) is 14.4. The van der Waals surface area contributed by atoms with Crippen molar-refractivity contribution in [2.75, 3.05) is 6.61 Å². The summed E-state index contributed by atoms with van der Waals surface area (Å²) < 4.78 is 0. The molecule has 0 saturated carbocycles. The van der Waals surface area contributed by atoms with Crippen LogP contribution >= 0.6 is 11.3 Å². The Bertz CT molecular complexity index is 472. The molecule has 0 aromatic carbocycles. The molecule has 2 unspecified atom stereocenters. The Hall–Kier alpha value is -1.40. The minimum Gasteiger partial charge on any atom is -0.394 e. The van der Waals surface area contributed by atoms with Crippen molar-refractivity contribution in [3.05, 3.63) is 22.4 Å². The van der Waals surface area contributed by atoms with Crippen molar-refractivity contribution in [2.24, 2.45) is 11.8 Å². The topological polar surface area (TPSA) is 78.4 Å². The summed E-state index contributed by atoms with van der Waals surface area (Å²) >= 11 is 1.34. The Kier molecular flexibility index (Phi) is 7.55. The molecular weight excluding hydrogens is 300 g/mol. The molecule has 1 aromatic heterocycles. The van der Waals surface area contributed by atoms with Crippen molar-refractivity contribution in [3.63, 3.8) is 0 Å². The average molecular weight is 326 g/mol. The largest absolute Gasteiger partial charge is 0.394 e. The highest BCUT2D eigenvalue weighted by Gasteiger charge is 2.26. The van der Waals surface area contributed by atoms with Crippen LogP contribution in [0.5, 0.6) is 0 Å². The van der Waals surface area contributed by atoms with Gasteiger partial charge in [0.15, 0.2) is 0 Å². The maximum absolute atomic E-state index is 12.4. The summed E-state index contributed by atoms with van der Waals surface area (Å²) in [4.78, 5) is 25.1. The predicted molar refractivity (Wildman–Crippen MR) is 88.9 cm³/mol. The van der Waals surface area contributed by atoms with Crippen molar-refractivity contribution in [2.45, 2.75) is 46.2 Å². The summed E-state index contributed by atoms with van der Waals surface area (Å²) in [7, 11) is 0. The number of thiophene rings is 1. The Labute approximate surface area is 136 Å². The van der Waals surface area contributed by atoms with E-state index in [1.54, 1.807) is 12.1 Å². The highest BCUT2D eigenvalue weighted by atomic mass is 32.1. The fraction of sp³-hybridized carbons (Fsp3) is 0.625. The van der Waals surface area contributed by atoms with Crippen LogP contribution in [0.3, 0.4) is 0 Å². The first-order valence-electron chi connectivity index (χ1n) is 7.60. The van der Waals surface area contributed by atoms with E-state index in [2.05, 4.69) is 10.6 Å². The summed E-state index contributed by atoms with van der Waals surface area (Å²) in [6.07, 6.45) is 0.700. The Morgan fingerprint density at radius 2 is 1.91 bits per heavy atom. The van der Waals surface area contributed by atoms with Gasteiger partial charge in [-0.15, -0.1) is 11.3 Å². The molecule has 1 rings (SSSR count). The van der Waals surface area contributed by atoms with Crippen molar-refractivity contribution in [1.29, 1.82) is 0 Å². The number of nitrogens with one attached hydrogen (secondary N) is 2. The number of carbonyl (C=O) groups is 2. The molecule has 0 fully saturated rings. The maximum Gasteiger partial charge on any atom is 0.262 e. The quantitative estimate of drug-likeness (QED) is 0.684. The van der Waals surface area contributed by atoms with Crippen LogP contribution in [0.2, 0.25) is 0 Å². The second-order valence-electron chi connectivity index (χ2n) is 6.19. The SMILES string of the molecule is CC(C)CC(CO)NC(=O)C(NC(=O)c1cccs1)C(C)C. The predicted octanol–water partition coefficient (Wildman–Crippen LogP) is 2.03. The van der Waals surface area contributed by atoms with E-state index in [9.17, 15) is 14.7 Å². The summed E-state index contributed by atoms with van der Waals surface area (Å²) in [6.45, 7) is 7.74. The van der Waals surface area contributed by atoms with E-state index in [1.807, 2.05) is 33.1 Å². The van der Waals surface area contributed by atoms with Gasteiger partial charge in [0.2, 0.25) is 5.91 Å². The molecule has 0 bridgehead atoms. The third-order valence-electron chi connectivity index (χ3n) is 3.30. The van der Waals surface area contributed by atoms with Gasteiger partial charge in [-0.3, -0.25) is 9.59 Å². The number of aliphatic hydroxyl groups excluding tert-OH is 1. The summed E-state index contributed by atoms with van der Waals surface area (Å²) in [5.41, 5.74) is 0. The van der Waals surface area contributed by atoms with Crippen LogP contribution in [0, 0.1) is 11.8 Å². The normalized spacial score (nSPS) is 14.0. The second-order valence-corrected chi connectivity index (χ2v) is 7.14. The molecular formula is C16H26N2O3S. The molecule has 124 valence electrons. The van der Waals surface area contributed by atoms with Crippen molar-refractivity contribution >= 4 is 23.2 Å². The molecule has 2 amide bonds. The lowest BCUT2D eigenvalue weighted by Gasteiger charge is -2.25. The fourth-order valence-corrected chi connectivity index (χ4v) is 2.82. The maximum atomic E-state index is 12.4. The van der Waals surface area contributed by atoms with Gasteiger partial charge in [-0.1, -0.05) is 33.8 Å². The Balaban J connectivity index is 2.69. The van der Waals surface area contributed by atoms with Gasteiger partial charge in [-0.2, -0.15) is 0 Å². The Morgan fingerprint density at radius 1 is 1.23 bits per heavy atom. The zero-order chi connectivity index (χ0) is 16.7. The highest BCUT2D eigenvalue weighted by Crippen LogP contribution is 2.11. The summed E-state index contributed by atoms with van der Waals surface area (Å²) in [5.74, 6) is -0.161. The number of rotatable bonds is 8. The smallest absolute Gasteiger partial charge is 0.262 e. The lowest BCUT2D eigenvalue weighted by atomic mass is 10.0. The number of carbonyl (C=O) groups excluding carboxylic acids is 2. The number of amides is 2. The summed E-state index contributed by atoms with van der Waals surface area (Å²) in [6, 6.07) is 2.63. The van der Waals surface area contributed by atoms with E-state index >= 15 is 0 Å². The molecule has 0 aliphatic carbocycles. The van der Waals surface area contributed by atoms with E-state index in [1.165, 1.54) is 11.3 Å². The van der Waals surface area contributed by atoms with E-state index in [-0.39, 0.29) is 30.4 Å². The van der Waals surface area contributed by atoms with Crippen LogP contribution in [0.15, 0.2) is 17.5 Å². The lowest BCUT2D eigenvalue weighted by molar-refractivity contribution is -0.125. The number of hydrogen-bond acceptors (Lipinski definition) is 4. The molecule has 0 radical (unpaired) electrons. The first kappa shape index (κ1) is 18.6. The van der Waals surface area contributed by atoms with Crippen LogP contribution in [-0.2, 0) is 4.79 Å².